The number of aryl methyl sites for hydroxylation is 1. The summed E-state index contributed by atoms with van der Waals surface area (Å²) in [5.74, 6) is 2.23. The van der Waals surface area contributed by atoms with Crippen LogP contribution < -0.4 is 0 Å². The second-order valence-corrected chi connectivity index (χ2v) is 7.12. The van der Waals surface area contributed by atoms with Gasteiger partial charge in [-0.2, -0.15) is 0 Å². The molecule has 1 unspecified atom stereocenters. The Hall–Kier alpha value is -2.67. The van der Waals surface area contributed by atoms with Crippen LogP contribution in [-0.4, -0.2) is 57.1 Å². The van der Waals surface area contributed by atoms with E-state index in [9.17, 15) is 4.79 Å². The number of methoxy groups -OCH3 is 1. The highest BCUT2D eigenvalue weighted by atomic mass is 16.5. The number of nitrogens with zero attached hydrogens (tertiary/aromatic N) is 4. The number of aromatic nitrogens is 4. The number of carbonyl (C=O) groups is 1. The largest absolute Gasteiger partial charge is 0.383 e. The predicted octanol–water partition coefficient (Wildman–Crippen LogP) is 2.73. The molecule has 3 aromatic rings. The van der Waals surface area contributed by atoms with Crippen LogP contribution in [0.2, 0.25) is 0 Å². The molecule has 1 aromatic carbocycles. The van der Waals surface area contributed by atoms with Gasteiger partial charge < -0.3 is 19.2 Å². The maximum atomic E-state index is 13.1. The molecule has 1 fully saturated rings. The highest BCUT2D eigenvalue weighted by molar-refractivity contribution is 5.97. The molecular formula is C20H25N5O2. The second kappa shape index (κ2) is 7.52. The molecular weight excluding hydrogens is 342 g/mol. The summed E-state index contributed by atoms with van der Waals surface area (Å²) in [6, 6.07) is 5.68. The smallest absolute Gasteiger partial charge is 0.253 e. The van der Waals surface area contributed by atoms with Crippen molar-refractivity contribution >= 4 is 16.9 Å². The van der Waals surface area contributed by atoms with Gasteiger partial charge in [-0.05, 0) is 38.0 Å². The molecule has 0 bridgehead atoms. The summed E-state index contributed by atoms with van der Waals surface area (Å²) in [4.78, 5) is 27.2. The van der Waals surface area contributed by atoms with Crippen molar-refractivity contribution in [2.75, 3.05) is 26.8 Å². The summed E-state index contributed by atoms with van der Waals surface area (Å²) < 4.78 is 7.33. The van der Waals surface area contributed by atoms with Crippen LogP contribution in [0.15, 0.2) is 30.6 Å². The quantitative estimate of drug-likeness (QED) is 0.752. The second-order valence-electron chi connectivity index (χ2n) is 7.12. The number of ether oxygens (including phenoxy) is 1. The Kier molecular flexibility index (Phi) is 4.94. The van der Waals surface area contributed by atoms with Gasteiger partial charge in [0.1, 0.15) is 11.6 Å². The van der Waals surface area contributed by atoms with Crippen molar-refractivity contribution in [3.63, 3.8) is 0 Å². The minimum atomic E-state index is 0.0730. The first-order valence-electron chi connectivity index (χ1n) is 9.41. The van der Waals surface area contributed by atoms with Crippen molar-refractivity contribution in [3.8, 4) is 0 Å². The molecule has 1 aliphatic rings. The van der Waals surface area contributed by atoms with E-state index >= 15 is 0 Å². The molecule has 0 saturated carbocycles. The number of nitrogens with one attached hydrogen (secondary N) is 1. The lowest BCUT2D eigenvalue weighted by Crippen LogP contribution is -2.39. The van der Waals surface area contributed by atoms with E-state index in [-0.39, 0.29) is 11.8 Å². The monoisotopic (exact) mass is 367 g/mol. The third-order valence-corrected chi connectivity index (χ3v) is 5.20. The minimum absolute atomic E-state index is 0.0730. The van der Waals surface area contributed by atoms with E-state index in [1.54, 1.807) is 7.11 Å². The van der Waals surface area contributed by atoms with E-state index in [1.165, 1.54) is 0 Å². The summed E-state index contributed by atoms with van der Waals surface area (Å²) in [5.41, 5.74) is 2.50. The molecule has 7 heteroatoms. The predicted molar refractivity (Wildman–Crippen MR) is 103 cm³/mol. The number of piperidine rings is 1. The average molecular weight is 367 g/mol. The van der Waals surface area contributed by atoms with Crippen LogP contribution in [0, 0.1) is 6.92 Å². The van der Waals surface area contributed by atoms with Gasteiger partial charge in [-0.15, -0.1) is 0 Å². The highest BCUT2D eigenvalue weighted by Gasteiger charge is 2.28. The fourth-order valence-electron chi connectivity index (χ4n) is 3.88. The van der Waals surface area contributed by atoms with Gasteiger partial charge in [-0.1, -0.05) is 0 Å². The number of aromatic amines is 1. The number of benzene rings is 1. The molecule has 1 atom stereocenters. The van der Waals surface area contributed by atoms with Gasteiger partial charge in [0.05, 0.1) is 17.6 Å². The number of fused-ring (bicyclic) bond motifs is 1. The van der Waals surface area contributed by atoms with Gasteiger partial charge in [0.2, 0.25) is 0 Å². The Labute approximate surface area is 158 Å². The third kappa shape index (κ3) is 3.60. The van der Waals surface area contributed by atoms with Crippen molar-refractivity contribution < 1.29 is 9.53 Å². The summed E-state index contributed by atoms with van der Waals surface area (Å²) in [7, 11) is 1.70. The average Bonchev–Trinajstić information content (AvgIpc) is 3.30. The zero-order valence-electron chi connectivity index (χ0n) is 15.8. The third-order valence-electron chi connectivity index (χ3n) is 5.20. The summed E-state index contributed by atoms with van der Waals surface area (Å²) >= 11 is 0. The lowest BCUT2D eigenvalue weighted by molar-refractivity contribution is 0.0702. The van der Waals surface area contributed by atoms with Crippen molar-refractivity contribution in [1.82, 2.24) is 24.4 Å². The van der Waals surface area contributed by atoms with Gasteiger partial charge in [-0.25, -0.2) is 9.97 Å². The van der Waals surface area contributed by atoms with Crippen LogP contribution in [0.25, 0.3) is 11.0 Å². The normalized spacial score (nSPS) is 17.6. The SMILES string of the molecule is COCCn1ccnc1C1CCCN(C(=O)c2ccc3nc(C)[nH]c3c2)C1. The van der Waals surface area contributed by atoms with Gasteiger partial charge in [-0.3, -0.25) is 4.79 Å². The van der Waals surface area contributed by atoms with Crippen LogP contribution >= 0.6 is 0 Å². The summed E-state index contributed by atoms with van der Waals surface area (Å²) in [6.07, 6.45) is 5.86. The molecule has 7 nitrogen and oxygen atoms in total. The van der Waals surface area contributed by atoms with Gasteiger partial charge in [0.15, 0.2) is 0 Å². The fourth-order valence-corrected chi connectivity index (χ4v) is 3.88. The zero-order valence-corrected chi connectivity index (χ0v) is 15.8. The van der Waals surface area contributed by atoms with E-state index in [0.29, 0.717) is 18.7 Å². The fraction of sp³-hybridized carbons (Fsp3) is 0.450. The van der Waals surface area contributed by atoms with Crippen molar-refractivity contribution in [2.24, 2.45) is 0 Å². The zero-order chi connectivity index (χ0) is 18.8. The Balaban J connectivity index is 1.51. The first-order valence-corrected chi connectivity index (χ1v) is 9.41. The summed E-state index contributed by atoms with van der Waals surface area (Å²) in [6.45, 7) is 4.84. The van der Waals surface area contributed by atoms with E-state index in [0.717, 1.165) is 48.6 Å². The number of amides is 1. The number of likely N-dealkylation sites (tertiary alicyclic amines) is 1. The molecule has 4 rings (SSSR count). The molecule has 3 heterocycles. The highest BCUT2D eigenvalue weighted by Crippen LogP contribution is 2.27. The Morgan fingerprint density at radius 3 is 3.15 bits per heavy atom. The lowest BCUT2D eigenvalue weighted by Gasteiger charge is -2.32. The number of rotatable bonds is 5. The van der Waals surface area contributed by atoms with Crippen LogP contribution in [-0.2, 0) is 11.3 Å². The summed E-state index contributed by atoms with van der Waals surface area (Å²) in [5, 5.41) is 0. The maximum absolute atomic E-state index is 13.1. The van der Waals surface area contributed by atoms with Gasteiger partial charge in [0, 0.05) is 50.6 Å². The number of imidazole rings is 2. The Morgan fingerprint density at radius 2 is 2.30 bits per heavy atom. The van der Waals surface area contributed by atoms with E-state index in [4.69, 9.17) is 4.74 Å². The topological polar surface area (TPSA) is 76.0 Å². The molecule has 27 heavy (non-hydrogen) atoms. The lowest BCUT2D eigenvalue weighted by atomic mass is 9.96. The standard InChI is InChI=1S/C20H25N5O2/c1-14-22-17-6-5-15(12-18(17)23-14)20(26)25-8-3-4-16(13-25)19-21-7-9-24(19)10-11-27-2/h5-7,9,12,16H,3-4,8,10-11,13H2,1-2H3,(H,22,23). The minimum Gasteiger partial charge on any atom is -0.383 e. The van der Waals surface area contributed by atoms with Crippen molar-refractivity contribution in [2.45, 2.75) is 32.2 Å². The Bertz CT molecular complexity index is 945. The van der Waals surface area contributed by atoms with Crippen LogP contribution in [0.5, 0.6) is 0 Å². The molecule has 142 valence electrons. The van der Waals surface area contributed by atoms with E-state index in [2.05, 4.69) is 19.5 Å². The van der Waals surface area contributed by atoms with Crippen molar-refractivity contribution in [3.05, 3.63) is 47.8 Å². The van der Waals surface area contributed by atoms with E-state index in [1.807, 2.05) is 42.4 Å². The molecule has 0 radical (unpaired) electrons. The molecule has 0 aliphatic carbocycles. The van der Waals surface area contributed by atoms with Crippen LogP contribution in [0.4, 0.5) is 0 Å². The van der Waals surface area contributed by atoms with Crippen LogP contribution in [0.3, 0.4) is 0 Å². The first kappa shape index (κ1) is 17.7. The first-order chi connectivity index (χ1) is 13.2. The van der Waals surface area contributed by atoms with Gasteiger partial charge >= 0.3 is 0 Å². The van der Waals surface area contributed by atoms with Crippen molar-refractivity contribution in [1.29, 1.82) is 0 Å². The molecule has 0 spiro atoms. The number of carbonyl (C=O) groups excluding carboxylic acids is 1. The molecule has 2 aromatic heterocycles. The molecule has 1 N–H and O–H groups in total. The number of H-pyrrole nitrogens is 1. The molecule has 1 saturated heterocycles. The maximum Gasteiger partial charge on any atom is 0.253 e. The molecule has 1 aliphatic heterocycles. The number of hydrogen-bond donors (Lipinski definition) is 1. The molecule has 1 amide bonds. The van der Waals surface area contributed by atoms with Gasteiger partial charge in [0.25, 0.3) is 5.91 Å². The van der Waals surface area contributed by atoms with E-state index < -0.39 is 0 Å². The van der Waals surface area contributed by atoms with Crippen LogP contribution in [0.1, 0.15) is 40.8 Å². The Morgan fingerprint density at radius 1 is 1.41 bits per heavy atom. The number of hydrogen-bond acceptors (Lipinski definition) is 4.